The molecular weight excluding hydrogens is 407 g/mol. The van der Waals surface area contributed by atoms with E-state index in [2.05, 4.69) is 26.0 Å². The maximum atomic E-state index is 14.8. The molecule has 0 spiro atoms. The minimum atomic E-state index is -0.200. The third-order valence-corrected chi connectivity index (χ3v) is 7.41. The van der Waals surface area contributed by atoms with E-state index in [4.69, 9.17) is 4.74 Å². The second-order valence-corrected chi connectivity index (χ2v) is 10.2. The molecule has 1 aliphatic carbocycles. The lowest BCUT2D eigenvalue weighted by Gasteiger charge is -2.28. The predicted molar refractivity (Wildman–Crippen MR) is 139 cm³/mol. The molecular formula is C31H45FO. The first-order valence-corrected chi connectivity index (χ1v) is 13.7. The summed E-state index contributed by atoms with van der Waals surface area (Å²) < 4.78 is 20.8. The van der Waals surface area contributed by atoms with Crippen LogP contribution < -0.4 is 4.74 Å². The van der Waals surface area contributed by atoms with Crippen molar-refractivity contribution in [3.63, 3.8) is 0 Å². The molecule has 0 N–H and O–H groups in total. The molecule has 0 aliphatic heterocycles. The van der Waals surface area contributed by atoms with Gasteiger partial charge in [-0.3, -0.25) is 0 Å². The molecule has 2 aromatic carbocycles. The molecule has 182 valence electrons. The van der Waals surface area contributed by atoms with E-state index in [0.29, 0.717) is 23.8 Å². The van der Waals surface area contributed by atoms with E-state index >= 15 is 0 Å². The highest BCUT2D eigenvalue weighted by molar-refractivity contribution is 5.65. The van der Waals surface area contributed by atoms with E-state index in [-0.39, 0.29) is 5.82 Å². The molecule has 3 rings (SSSR count). The van der Waals surface area contributed by atoms with Crippen LogP contribution in [0.1, 0.15) is 103 Å². The average Bonchev–Trinajstić information content (AvgIpc) is 2.84. The standard InChI is InChI=1S/C31H45FO/c1-3-5-6-7-8-9-10-12-26-13-15-27(16-14-26)24-33-29-21-22-30(31(32)23-29)28-19-17-25(11-4-2)18-20-28/h17-23,26-27H,3-16,24H2,1-2H3/t26-,27-. The summed E-state index contributed by atoms with van der Waals surface area (Å²) in [5.41, 5.74) is 2.88. The Bertz CT molecular complexity index is 789. The topological polar surface area (TPSA) is 9.23 Å². The van der Waals surface area contributed by atoms with E-state index in [9.17, 15) is 4.39 Å². The molecule has 1 saturated carbocycles. The third kappa shape index (κ3) is 8.80. The molecule has 0 heterocycles. The van der Waals surface area contributed by atoms with Crippen molar-refractivity contribution < 1.29 is 9.13 Å². The molecule has 0 saturated heterocycles. The number of hydrogen-bond donors (Lipinski definition) is 0. The van der Waals surface area contributed by atoms with Crippen molar-refractivity contribution in [3.05, 3.63) is 53.8 Å². The molecule has 1 fully saturated rings. The molecule has 0 unspecified atom stereocenters. The number of rotatable bonds is 14. The van der Waals surface area contributed by atoms with Gasteiger partial charge in [-0.25, -0.2) is 4.39 Å². The van der Waals surface area contributed by atoms with E-state index in [1.165, 1.54) is 82.6 Å². The molecule has 33 heavy (non-hydrogen) atoms. The lowest BCUT2D eigenvalue weighted by Crippen LogP contribution is -2.20. The SMILES string of the molecule is CCCCCCCCC[C@H]1CC[C@H](COc2ccc(-c3ccc(CCC)cc3)c(F)c2)CC1. The summed E-state index contributed by atoms with van der Waals surface area (Å²) >= 11 is 0. The summed E-state index contributed by atoms with van der Waals surface area (Å²) in [5, 5.41) is 0. The fourth-order valence-electron chi connectivity index (χ4n) is 5.25. The van der Waals surface area contributed by atoms with Crippen LogP contribution in [0, 0.1) is 17.7 Å². The molecule has 0 aromatic heterocycles. The summed E-state index contributed by atoms with van der Waals surface area (Å²) in [6, 6.07) is 13.6. The second-order valence-electron chi connectivity index (χ2n) is 10.2. The number of halogens is 1. The van der Waals surface area contributed by atoms with Gasteiger partial charge in [0.1, 0.15) is 11.6 Å². The highest BCUT2D eigenvalue weighted by Gasteiger charge is 2.21. The molecule has 0 atom stereocenters. The van der Waals surface area contributed by atoms with Gasteiger partial charge in [0.25, 0.3) is 0 Å². The maximum absolute atomic E-state index is 14.8. The Morgan fingerprint density at radius 3 is 2.09 bits per heavy atom. The summed E-state index contributed by atoms with van der Waals surface area (Å²) in [7, 11) is 0. The van der Waals surface area contributed by atoms with Crippen LogP contribution in [-0.4, -0.2) is 6.61 Å². The summed E-state index contributed by atoms with van der Waals surface area (Å²) in [5.74, 6) is 1.99. The second kappa shape index (κ2) is 14.4. The Morgan fingerprint density at radius 2 is 1.42 bits per heavy atom. The van der Waals surface area contributed by atoms with Crippen molar-refractivity contribution in [2.24, 2.45) is 11.8 Å². The minimum Gasteiger partial charge on any atom is -0.493 e. The van der Waals surface area contributed by atoms with Gasteiger partial charge in [-0.1, -0.05) is 109 Å². The van der Waals surface area contributed by atoms with Crippen molar-refractivity contribution in [1.82, 2.24) is 0 Å². The van der Waals surface area contributed by atoms with Crippen molar-refractivity contribution in [1.29, 1.82) is 0 Å². The maximum Gasteiger partial charge on any atom is 0.134 e. The smallest absolute Gasteiger partial charge is 0.134 e. The first kappa shape index (κ1) is 25.8. The minimum absolute atomic E-state index is 0.200. The van der Waals surface area contributed by atoms with Crippen LogP contribution in [-0.2, 0) is 6.42 Å². The van der Waals surface area contributed by atoms with Gasteiger partial charge in [0.2, 0.25) is 0 Å². The van der Waals surface area contributed by atoms with Crippen LogP contribution in [0.2, 0.25) is 0 Å². The van der Waals surface area contributed by atoms with Crippen LogP contribution in [0.4, 0.5) is 4.39 Å². The van der Waals surface area contributed by atoms with E-state index in [1.54, 1.807) is 6.07 Å². The van der Waals surface area contributed by atoms with Gasteiger partial charge in [-0.2, -0.15) is 0 Å². The van der Waals surface area contributed by atoms with E-state index < -0.39 is 0 Å². The summed E-state index contributed by atoms with van der Waals surface area (Å²) in [4.78, 5) is 0. The molecule has 0 amide bonds. The zero-order valence-electron chi connectivity index (χ0n) is 21.1. The number of ether oxygens (including phenoxy) is 1. The molecule has 2 heteroatoms. The number of hydrogen-bond acceptors (Lipinski definition) is 1. The van der Waals surface area contributed by atoms with E-state index in [1.807, 2.05) is 24.3 Å². The van der Waals surface area contributed by atoms with Crippen LogP contribution in [0.25, 0.3) is 11.1 Å². The Hall–Kier alpha value is -1.83. The van der Waals surface area contributed by atoms with Crippen molar-refractivity contribution >= 4 is 0 Å². The fourth-order valence-corrected chi connectivity index (χ4v) is 5.25. The average molecular weight is 453 g/mol. The number of aryl methyl sites for hydroxylation is 1. The molecule has 2 aromatic rings. The highest BCUT2D eigenvalue weighted by atomic mass is 19.1. The first-order valence-electron chi connectivity index (χ1n) is 13.7. The first-order chi connectivity index (χ1) is 16.2. The van der Waals surface area contributed by atoms with Crippen LogP contribution in [0.3, 0.4) is 0 Å². The Labute approximate surface area is 202 Å². The van der Waals surface area contributed by atoms with Gasteiger partial charge in [0.15, 0.2) is 0 Å². The van der Waals surface area contributed by atoms with Crippen LogP contribution >= 0.6 is 0 Å². The molecule has 0 radical (unpaired) electrons. The molecule has 1 nitrogen and oxygen atoms in total. The summed E-state index contributed by atoms with van der Waals surface area (Å²) in [6.45, 7) is 5.17. The van der Waals surface area contributed by atoms with Gasteiger partial charge in [-0.05, 0) is 54.4 Å². The van der Waals surface area contributed by atoms with Gasteiger partial charge in [0.05, 0.1) is 6.61 Å². The largest absolute Gasteiger partial charge is 0.493 e. The van der Waals surface area contributed by atoms with E-state index in [0.717, 1.165) is 24.3 Å². The molecule has 1 aliphatic rings. The summed E-state index contributed by atoms with van der Waals surface area (Å²) in [6.07, 6.45) is 18.6. The predicted octanol–water partition coefficient (Wildman–Crippen LogP) is 9.77. The monoisotopic (exact) mass is 452 g/mol. The Kier molecular flexibility index (Phi) is 11.3. The van der Waals surface area contributed by atoms with Crippen molar-refractivity contribution in [2.75, 3.05) is 6.61 Å². The Balaban J connectivity index is 1.36. The van der Waals surface area contributed by atoms with Crippen LogP contribution in [0.15, 0.2) is 42.5 Å². The zero-order chi connectivity index (χ0) is 23.3. The van der Waals surface area contributed by atoms with Gasteiger partial charge in [-0.15, -0.1) is 0 Å². The lowest BCUT2D eigenvalue weighted by molar-refractivity contribution is 0.177. The quantitative estimate of drug-likeness (QED) is 0.259. The van der Waals surface area contributed by atoms with Crippen molar-refractivity contribution in [3.8, 4) is 16.9 Å². The normalized spacial score (nSPS) is 18.4. The van der Waals surface area contributed by atoms with Crippen LogP contribution in [0.5, 0.6) is 5.75 Å². The number of unbranched alkanes of at least 4 members (excludes halogenated alkanes) is 6. The fraction of sp³-hybridized carbons (Fsp3) is 0.613. The van der Waals surface area contributed by atoms with Gasteiger partial charge in [0, 0.05) is 11.6 Å². The van der Waals surface area contributed by atoms with Gasteiger partial charge >= 0.3 is 0 Å². The third-order valence-electron chi connectivity index (χ3n) is 7.41. The highest BCUT2D eigenvalue weighted by Crippen LogP contribution is 2.33. The Morgan fingerprint density at radius 1 is 0.758 bits per heavy atom. The van der Waals surface area contributed by atoms with Gasteiger partial charge < -0.3 is 4.74 Å². The lowest BCUT2D eigenvalue weighted by atomic mass is 9.80. The number of benzene rings is 2. The zero-order valence-corrected chi connectivity index (χ0v) is 21.1. The van der Waals surface area contributed by atoms with Crippen molar-refractivity contribution in [2.45, 2.75) is 104 Å². The molecule has 0 bridgehead atoms.